The minimum Gasteiger partial charge on any atom is -0.399 e. The topological polar surface area (TPSA) is 23.4 Å². The van der Waals surface area contributed by atoms with Crippen molar-refractivity contribution < 1.29 is 9.31 Å². The van der Waals surface area contributed by atoms with Crippen LogP contribution in [0.15, 0.2) is 30.5 Å². The Balaban J connectivity index is 2.14. The van der Waals surface area contributed by atoms with Gasteiger partial charge in [-0.1, -0.05) is 18.2 Å². The smallest absolute Gasteiger partial charge is 0.399 e. The third-order valence-electron chi connectivity index (χ3n) is 4.97. The van der Waals surface area contributed by atoms with Crippen molar-refractivity contribution in [1.82, 2.24) is 4.57 Å². The maximum atomic E-state index is 6.25. The number of aromatic nitrogens is 1. The summed E-state index contributed by atoms with van der Waals surface area (Å²) < 4.78 is 14.8. The van der Waals surface area contributed by atoms with Crippen LogP contribution in [0, 0.1) is 0 Å². The Bertz CT molecular complexity index is 693. The summed E-state index contributed by atoms with van der Waals surface area (Å²) in [6.45, 7) is 15.0. The molecule has 0 unspecified atom stereocenters. The zero-order valence-corrected chi connectivity index (χ0v) is 14.7. The molecular weight excluding hydrogens is 273 g/mol. The van der Waals surface area contributed by atoms with Gasteiger partial charge < -0.3 is 13.9 Å². The van der Waals surface area contributed by atoms with Crippen LogP contribution in [0.4, 0.5) is 0 Å². The molecule has 0 amide bonds. The second-order valence-corrected chi connectivity index (χ2v) is 8.23. The fourth-order valence-corrected chi connectivity index (χ4v) is 2.92. The van der Waals surface area contributed by atoms with E-state index >= 15 is 0 Å². The van der Waals surface area contributed by atoms with Crippen molar-refractivity contribution in [3.63, 3.8) is 0 Å². The molecule has 1 fully saturated rings. The molecule has 3 nitrogen and oxygen atoms in total. The summed E-state index contributed by atoms with van der Waals surface area (Å²) >= 11 is 0. The average molecular weight is 299 g/mol. The van der Waals surface area contributed by atoms with Gasteiger partial charge in [0.1, 0.15) is 0 Å². The van der Waals surface area contributed by atoms with Gasteiger partial charge in [0.25, 0.3) is 0 Å². The van der Waals surface area contributed by atoms with Gasteiger partial charge in [-0.25, -0.2) is 0 Å². The van der Waals surface area contributed by atoms with E-state index in [2.05, 4.69) is 83.5 Å². The molecule has 1 aromatic heterocycles. The number of benzene rings is 1. The Hall–Kier alpha value is -1.26. The van der Waals surface area contributed by atoms with Crippen LogP contribution in [0.5, 0.6) is 0 Å². The Kier molecular flexibility index (Phi) is 3.28. The van der Waals surface area contributed by atoms with E-state index in [1.54, 1.807) is 0 Å². The molecule has 22 heavy (non-hydrogen) atoms. The van der Waals surface area contributed by atoms with E-state index < -0.39 is 0 Å². The fourth-order valence-electron chi connectivity index (χ4n) is 2.92. The molecule has 1 saturated heterocycles. The Labute approximate surface area is 133 Å². The van der Waals surface area contributed by atoms with Crippen molar-refractivity contribution in [2.45, 2.75) is 65.2 Å². The third-order valence-corrected chi connectivity index (χ3v) is 4.97. The first-order valence-corrected chi connectivity index (χ1v) is 7.99. The zero-order chi connectivity index (χ0) is 16.3. The van der Waals surface area contributed by atoms with Gasteiger partial charge in [-0.05, 0) is 59.9 Å². The van der Waals surface area contributed by atoms with Crippen molar-refractivity contribution in [1.29, 1.82) is 0 Å². The summed E-state index contributed by atoms with van der Waals surface area (Å²) in [6.07, 6.45) is 2.19. The van der Waals surface area contributed by atoms with Gasteiger partial charge in [-0.3, -0.25) is 0 Å². The molecule has 3 rings (SSSR count). The maximum absolute atomic E-state index is 6.25. The third kappa shape index (κ3) is 2.29. The summed E-state index contributed by atoms with van der Waals surface area (Å²) in [5.41, 5.74) is 1.72. The lowest BCUT2D eigenvalue weighted by Crippen LogP contribution is -2.41. The first-order valence-electron chi connectivity index (χ1n) is 7.99. The molecule has 0 saturated carbocycles. The minimum absolute atomic E-state index is 0.0154. The summed E-state index contributed by atoms with van der Waals surface area (Å²) in [6, 6.07) is 8.47. The number of para-hydroxylation sites is 1. The molecule has 0 aliphatic carbocycles. The number of fused-ring (bicyclic) bond motifs is 1. The van der Waals surface area contributed by atoms with Gasteiger partial charge in [0, 0.05) is 22.7 Å². The molecular formula is C18H26BNO2. The van der Waals surface area contributed by atoms with Crippen LogP contribution in [0.2, 0.25) is 0 Å². The summed E-state index contributed by atoms with van der Waals surface area (Å²) in [5, 5.41) is 1.20. The van der Waals surface area contributed by atoms with Crippen molar-refractivity contribution in [3.05, 3.63) is 30.5 Å². The number of hydrogen-bond donors (Lipinski definition) is 0. The predicted octanol–water partition coefficient (Wildman–Crippen LogP) is 3.70. The van der Waals surface area contributed by atoms with Crippen LogP contribution in [-0.4, -0.2) is 22.9 Å². The monoisotopic (exact) mass is 299 g/mol. The lowest BCUT2D eigenvalue weighted by atomic mass is 9.79. The molecule has 1 aliphatic rings. The van der Waals surface area contributed by atoms with Crippen LogP contribution < -0.4 is 5.46 Å². The van der Waals surface area contributed by atoms with Gasteiger partial charge in [-0.15, -0.1) is 0 Å². The number of rotatable bonds is 1. The average Bonchev–Trinajstić information content (AvgIpc) is 2.85. The van der Waals surface area contributed by atoms with Gasteiger partial charge in [0.05, 0.1) is 11.2 Å². The Morgan fingerprint density at radius 3 is 2.05 bits per heavy atom. The van der Waals surface area contributed by atoms with Crippen LogP contribution in [0.25, 0.3) is 10.9 Å². The zero-order valence-electron chi connectivity index (χ0n) is 14.7. The molecule has 0 spiro atoms. The molecule has 1 aromatic carbocycles. The summed E-state index contributed by atoms with van der Waals surface area (Å²) in [5.74, 6) is 0. The predicted molar refractivity (Wildman–Crippen MR) is 92.7 cm³/mol. The van der Waals surface area contributed by atoms with Crippen molar-refractivity contribution in [2.75, 3.05) is 0 Å². The number of hydrogen-bond acceptors (Lipinski definition) is 2. The fraction of sp³-hybridized carbons (Fsp3) is 0.556. The highest BCUT2D eigenvalue weighted by molar-refractivity contribution is 6.65. The number of nitrogens with zero attached hydrogens (tertiary/aromatic N) is 1. The Morgan fingerprint density at radius 2 is 1.50 bits per heavy atom. The van der Waals surface area contributed by atoms with E-state index in [1.165, 1.54) is 10.9 Å². The van der Waals surface area contributed by atoms with E-state index in [1.807, 2.05) is 0 Å². The van der Waals surface area contributed by atoms with E-state index in [4.69, 9.17) is 9.31 Å². The van der Waals surface area contributed by atoms with Crippen molar-refractivity contribution in [2.24, 2.45) is 0 Å². The largest absolute Gasteiger partial charge is 0.497 e. The van der Waals surface area contributed by atoms with Crippen LogP contribution >= 0.6 is 0 Å². The van der Waals surface area contributed by atoms with Crippen molar-refractivity contribution in [3.8, 4) is 0 Å². The van der Waals surface area contributed by atoms with Gasteiger partial charge in [-0.2, -0.15) is 0 Å². The second kappa shape index (κ2) is 4.62. The molecule has 0 N–H and O–H groups in total. The van der Waals surface area contributed by atoms with E-state index in [0.717, 1.165) is 5.46 Å². The highest BCUT2D eigenvalue weighted by Gasteiger charge is 2.52. The lowest BCUT2D eigenvalue weighted by molar-refractivity contribution is 0.00578. The van der Waals surface area contributed by atoms with E-state index in [9.17, 15) is 0 Å². The molecule has 2 aromatic rings. The molecule has 1 aliphatic heterocycles. The normalized spacial score (nSPS) is 20.8. The van der Waals surface area contributed by atoms with Gasteiger partial charge in [0.2, 0.25) is 0 Å². The maximum Gasteiger partial charge on any atom is 0.497 e. The van der Waals surface area contributed by atoms with E-state index in [0.29, 0.717) is 0 Å². The van der Waals surface area contributed by atoms with Crippen LogP contribution in [-0.2, 0) is 14.8 Å². The standard InChI is InChI=1S/C18H26BNO2/c1-16(2,3)20-12-14(13-10-8-9-11-15(13)20)19-21-17(4,5)18(6,7)22-19/h8-12H,1-7H3. The second-order valence-electron chi connectivity index (χ2n) is 8.23. The summed E-state index contributed by atoms with van der Waals surface area (Å²) in [4.78, 5) is 0. The quantitative estimate of drug-likeness (QED) is 0.750. The molecule has 0 atom stereocenters. The first-order chi connectivity index (χ1) is 10.0. The lowest BCUT2D eigenvalue weighted by Gasteiger charge is -2.32. The van der Waals surface area contributed by atoms with Crippen LogP contribution in [0.3, 0.4) is 0 Å². The highest BCUT2D eigenvalue weighted by Crippen LogP contribution is 2.37. The van der Waals surface area contributed by atoms with Crippen molar-refractivity contribution >= 4 is 23.5 Å². The Morgan fingerprint density at radius 1 is 0.955 bits per heavy atom. The molecule has 0 radical (unpaired) electrons. The van der Waals surface area contributed by atoms with E-state index in [-0.39, 0.29) is 23.9 Å². The molecule has 2 heterocycles. The highest BCUT2D eigenvalue weighted by atomic mass is 16.7. The SMILES string of the molecule is CC(C)(C)n1cc(B2OC(C)(C)C(C)(C)O2)c2ccccc21. The summed E-state index contributed by atoms with van der Waals surface area (Å²) in [7, 11) is -0.321. The van der Waals surface area contributed by atoms with Gasteiger partial charge in [0.15, 0.2) is 0 Å². The van der Waals surface area contributed by atoms with Gasteiger partial charge >= 0.3 is 7.12 Å². The molecule has 0 bridgehead atoms. The molecule has 4 heteroatoms. The van der Waals surface area contributed by atoms with Crippen LogP contribution in [0.1, 0.15) is 48.5 Å². The first kappa shape index (κ1) is 15.6. The minimum atomic E-state index is -0.321. The molecule has 118 valence electrons.